The van der Waals surface area contributed by atoms with Crippen LogP contribution in [0.15, 0.2) is 0 Å². The van der Waals surface area contributed by atoms with Crippen LogP contribution in [-0.2, 0) is 9.53 Å². The van der Waals surface area contributed by atoms with Gasteiger partial charge in [-0.2, -0.15) is 0 Å². The average molecular weight is 308 g/mol. The minimum absolute atomic E-state index is 0.123. The number of ether oxygens (including phenoxy) is 1. The summed E-state index contributed by atoms with van der Waals surface area (Å²) in [6, 6.07) is 0. The molecule has 2 N–H and O–H groups in total. The lowest BCUT2D eigenvalue weighted by molar-refractivity contribution is -0.139. The highest BCUT2D eigenvalue weighted by Crippen LogP contribution is 2.32. The van der Waals surface area contributed by atoms with Gasteiger partial charge in [-0.3, -0.25) is 4.79 Å². The maximum Gasteiger partial charge on any atom is 0.320 e. The van der Waals surface area contributed by atoms with Gasteiger partial charge in [0.25, 0.3) is 0 Å². The van der Waals surface area contributed by atoms with E-state index in [1.807, 2.05) is 0 Å². The molecule has 0 aromatic rings. The van der Waals surface area contributed by atoms with Crippen molar-refractivity contribution >= 4 is 21.9 Å². The lowest BCUT2D eigenvalue weighted by Gasteiger charge is -2.40. The van der Waals surface area contributed by atoms with Crippen LogP contribution in [0, 0.1) is 5.92 Å². The van der Waals surface area contributed by atoms with Gasteiger partial charge < -0.3 is 15.2 Å². The summed E-state index contributed by atoms with van der Waals surface area (Å²) in [5, 5.41) is 12.9. The Morgan fingerprint density at radius 1 is 1.71 bits per heavy atom. The summed E-state index contributed by atoms with van der Waals surface area (Å²) in [5.74, 6) is 0.338. The molecule has 1 rings (SSSR count). The van der Waals surface area contributed by atoms with E-state index < -0.39 is 0 Å². The topological polar surface area (TPSA) is 58.6 Å². The molecule has 3 atom stereocenters. The van der Waals surface area contributed by atoms with E-state index in [0.717, 1.165) is 19.3 Å². The van der Waals surface area contributed by atoms with Crippen molar-refractivity contribution < 1.29 is 14.6 Å². The second kappa shape index (κ2) is 6.71. The number of hydrogen-bond donors (Lipinski definition) is 2. The lowest BCUT2D eigenvalue weighted by Crippen LogP contribution is -2.53. The first-order chi connectivity index (χ1) is 8.03. The number of methoxy groups -OCH3 is 1. The summed E-state index contributed by atoms with van der Waals surface area (Å²) >= 11 is 3.28. The average Bonchev–Trinajstić information content (AvgIpc) is 2.35. The van der Waals surface area contributed by atoms with Gasteiger partial charge in [-0.1, -0.05) is 35.7 Å². The van der Waals surface area contributed by atoms with Crippen molar-refractivity contribution in [2.24, 2.45) is 5.92 Å². The number of nitrogens with one attached hydrogen (secondary N) is 1. The number of carbonyl (C=O) groups is 1. The SMILES string of the molecule is COC(=O)C(Br)CNC1(CO)CCCC(C)C1. The molecule has 1 aliphatic rings. The van der Waals surface area contributed by atoms with E-state index >= 15 is 0 Å². The number of rotatable bonds is 5. The second-order valence-corrected chi connectivity index (χ2v) is 6.12. The molecule has 17 heavy (non-hydrogen) atoms. The third kappa shape index (κ3) is 4.23. The van der Waals surface area contributed by atoms with Crippen molar-refractivity contribution in [3.05, 3.63) is 0 Å². The van der Waals surface area contributed by atoms with Crippen molar-refractivity contribution in [1.29, 1.82) is 0 Å². The first-order valence-corrected chi connectivity index (χ1v) is 7.02. The van der Waals surface area contributed by atoms with Crippen molar-refractivity contribution in [3.8, 4) is 0 Å². The summed E-state index contributed by atoms with van der Waals surface area (Å²) in [4.78, 5) is 10.9. The normalized spacial score (nSPS) is 30.9. The molecule has 1 saturated carbocycles. The van der Waals surface area contributed by atoms with Gasteiger partial charge in [0.05, 0.1) is 13.7 Å². The van der Waals surface area contributed by atoms with Crippen LogP contribution >= 0.6 is 15.9 Å². The number of aliphatic hydroxyl groups is 1. The van der Waals surface area contributed by atoms with Crippen LogP contribution in [0.5, 0.6) is 0 Å². The highest BCUT2D eigenvalue weighted by atomic mass is 79.9. The first-order valence-electron chi connectivity index (χ1n) is 6.11. The van der Waals surface area contributed by atoms with Crippen molar-refractivity contribution in [2.75, 3.05) is 20.3 Å². The standard InChI is InChI=1S/C12H22BrNO3/c1-9-4-3-5-12(6-9,8-15)14-7-10(13)11(16)17-2/h9-10,14-15H,3-8H2,1-2H3. The van der Waals surface area contributed by atoms with Gasteiger partial charge in [-0.25, -0.2) is 0 Å². The second-order valence-electron chi connectivity index (χ2n) is 5.01. The van der Waals surface area contributed by atoms with E-state index in [0.29, 0.717) is 12.5 Å². The molecule has 3 unspecified atom stereocenters. The number of alkyl halides is 1. The van der Waals surface area contributed by atoms with E-state index in [1.165, 1.54) is 13.5 Å². The van der Waals surface area contributed by atoms with Crippen LogP contribution in [0.4, 0.5) is 0 Å². The molecule has 0 aromatic carbocycles. The van der Waals surface area contributed by atoms with Gasteiger partial charge in [0.2, 0.25) is 0 Å². The Morgan fingerprint density at radius 3 is 2.94 bits per heavy atom. The Labute approximate surface area is 111 Å². The largest absolute Gasteiger partial charge is 0.468 e. The number of halogens is 1. The molecule has 0 heterocycles. The van der Waals surface area contributed by atoms with Crippen molar-refractivity contribution in [3.63, 3.8) is 0 Å². The molecule has 0 amide bonds. The fraction of sp³-hybridized carbons (Fsp3) is 0.917. The molecule has 0 aromatic heterocycles. The highest BCUT2D eigenvalue weighted by molar-refractivity contribution is 9.10. The molecular weight excluding hydrogens is 286 g/mol. The Morgan fingerprint density at radius 2 is 2.41 bits per heavy atom. The van der Waals surface area contributed by atoms with Gasteiger partial charge >= 0.3 is 5.97 Å². The maximum absolute atomic E-state index is 11.3. The molecule has 0 aliphatic heterocycles. The third-order valence-electron chi connectivity index (χ3n) is 3.51. The van der Waals surface area contributed by atoms with Gasteiger partial charge in [-0.05, 0) is 18.8 Å². The van der Waals surface area contributed by atoms with Crippen LogP contribution < -0.4 is 5.32 Å². The number of hydrogen-bond acceptors (Lipinski definition) is 4. The molecule has 0 radical (unpaired) electrons. The molecule has 0 spiro atoms. The van der Waals surface area contributed by atoms with Gasteiger partial charge in [0, 0.05) is 12.1 Å². The minimum Gasteiger partial charge on any atom is -0.468 e. The first kappa shape index (κ1) is 14.9. The third-order valence-corrected chi connectivity index (χ3v) is 4.20. The minimum atomic E-state index is -0.354. The molecule has 4 nitrogen and oxygen atoms in total. The van der Waals surface area contributed by atoms with Crippen LogP contribution in [-0.4, -0.2) is 41.7 Å². The summed E-state index contributed by atoms with van der Waals surface area (Å²) in [6.45, 7) is 2.81. The smallest absolute Gasteiger partial charge is 0.320 e. The summed E-state index contributed by atoms with van der Waals surface area (Å²) < 4.78 is 4.65. The fourth-order valence-corrected chi connectivity index (χ4v) is 2.89. The summed E-state index contributed by atoms with van der Waals surface area (Å²) in [6.07, 6.45) is 4.28. The van der Waals surface area contributed by atoms with Crippen LogP contribution in [0.3, 0.4) is 0 Å². The van der Waals surface area contributed by atoms with Crippen molar-refractivity contribution in [2.45, 2.75) is 43.0 Å². The van der Waals surface area contributed by atoms with E-state index in [2.05, 4.69) is 32.9 Å². The molecule has 100 valence electrons. The van der Waals surface area contributed by atoms with E-state index in [-0.39, 0.29) is 22.9 Å². The fourth-order valence-electron chi connectivity index (χ4n) is 2.54. The zero-order valence-electron chi connectivity index (χ0n) is 10.5. The molecule has 5 heteroatoms. The van der Waals surface area contributed by atoms with E-state index in [9.17, 15) is 9.90 Å². The Bertz CT molecular complexity index is 262. The van der Waals surface area contributed by atoms with Crippen LogP contribution in [0.1, 0.15) is 32.6 Å². The van der Waals surface area contributed by atoms with E-state index in [4.69, 9.17) is 0 Å². The summed E-state index contributed by atoms with van der Waals surface area (Å²) in [5.41, 5.74) is -0.224. The predicted molar refractivity (Wildman–Crippen MR) is 70.2 cm³/mol. The number of esters is 1. The van der Waals surface area contributed by atoms with E-state index in [1.54, 1.807) is 0 Å². The predicted octanol–water partition coefficient (Wildman–Crippen LogP) is 1.45. The van der Waals surface area contributed by atoms with Crippen molar-refractivity contribution in [1.82, 2.24) is 5.32 Å². The monoisotopic (exact) mass is 307 g/mol. The molecule has 0 bridgehead atoms. The molecule has 1 fully saturated rings. The lowest BCUT2D eigenvalue weighted by atomic mass is 9.77. The number of aliphatic hydroxyl groups excluding tert-OH is 1. The molecular formula is C12H22BrNO3. The Balaban J connectivity index is 2.48. The van der Waals surface area contributed by atoms with Crippen LogP contribution in [0.25, 0.3) is 0 Å². The van der Waals surface area contributed by atoms with Gasteiger partial charge in [0.1, 0.15) is 4.83 Å². The quantitative estimate of drug-likeness (QED) is 0.596. The maximum atomic E-state index is 11.3. The summed E-state index contributed by atoms with van der Waals surface area (Å²) in [7, 11) is 1.38. The zero-order chi connectivity index (χ0) is 12.9. The molecule has 1 aliphatic carbocycles. The molecule has 0 saturated heterocycles. The Hall–Kier alpha value is -0.130. The zero-order valence-corrected chi connectivity index (χ0v) is 12.1. The number of carbonyl (C=O) groups excluding carboxylic acids is 1. The van der Waals surface area contributed by atoms with Gasteiger partial charge in [0.15, 0.2) is 0 Å². The Kier molecular flexibility index (Phi) is 5.89. The highest BCUT2D eigenvalue weighted by Gasteiger charge is 2.34. The van der Waals surface area contributed by atoms with Crippen LogP contribution in [0.2, 0.25) is 0 Å². The van der Waals surface area contributed by atoms with Gasteiger partial charge in [-0.15, -0.1) is 0 Å².